The Hall–Kier alpha value is -2.80. The number of hydrogen-bond donors (Lipinski definition) is 0. The molecular weight excluding hydrogens is 321 g/mol. The second-order valence-corrected chi connectivity index (χ2v) is 5.84. The molecule has 0 N–H and O–H groups in total. The van der Waals surface area contributed by atoms with Crippen molar-refractivity contribution in [2.24, 2.45) is 0 Å². The molecule has 23 heavy (non-hydrogen) atoms. The van der Waals surface area contributed by atoms with Crippen molar-refractivity contribution in [2.75, 3.05) is 0 Å². The number of non-ortho nitro benzene ring substituents is 1. The van der Waals surface area contributed by atoms with E-state index in [1.165, 1.54) is 41.7 Å². The molecule has 1 aromatic heterocycles. The van der Waals surface area contributed by atoms with Crippen molar-refractivity contribution >= 4 is 33.1 Å². The Morgan fingerprint density at radius 2 is 2.00 bits per heavy atom. The number of esters is 1. The van der Waals surface area contributed by atoms with E-state index in [4.69, 9.17) is 4.74 Å². The van der Waals surface area contributed by atoms with Crippen LogP contribution in [0.4, 0.5) is 10.1 Å². The third kappa shape index (κ3) is 3.19. The van der Waals surface area contributed by atoms with E-state index in [1.807, 2.05) is 0 Å². The molecule has 116 valence electrons. The summed E-state index contributed by atoms with van der Waals surface area (Å²) in [6.45, 7) is -0.167. The SMILES string of the molecule is O=C(OCc1ccccc1F)c1cc2cc([N+](=O)[O-])ccc2s1. The lowest BCUT2D eigenvalue weighted by molar-refractivity contribution is -0.384. The van der Waals surface area contributed by atoms with Gasteiger partial charge in [-0.1, -0.05) is 18.2 Å². The fourth-order valence-electron chi connectivity index (χ4n) is 2.07. The highest BCUT2D eigenvalue weighted by Crippen LogP contribution is 2.29. The van der Waals surface area contributed by atoms with Crippen molar-refractivity contribution in [3.05, 3.63) is 74.9 Å². The third-order valence-corrected chi connectivity index (χ3v) is 4.32. The van der Waals surface area contributed by atoms with Crippen molar-refractivity contribution in [1.29, 1.82) is 0 Å². The van der Waals surface area contributed by atoms with E-state index >= 15 is 0 Å². The number of nitrogens with zero attached hydrogens (tertiary/aromatic N) is 1. The first-order chi connectivity index (χ1) is 11.0. The van der Waals surface area contributed by atoms with Gasteiger partial charge in [0.1, 0.15) is 17.3 Å². The second-order valence-electron chi connectivity index (χ2n) is 4.76. The fourth-order valence-corrected chi connectivity index (χ4v) is 3.01. The van der Waals surface area contributed by atoms with E-state index in [-0.39, 0.29) is 17.9 Å². The number of carbonyl (C=O) groups is 1. The summed E-state index contributed by atoms with van der Waals surface area (Å²) in [4.78, 5) is 22.6. The summed E-state index contributed by atoms with van der Waals surface area (Å²) in [5.41, 5.74) is 0.249. The van der Waals surface area contributed by atoms with Crippen LogP contribution < -0.4 is 0 Å². The van der Waals surface area contributed by atoms with Gasteiger partial charge in [-0.15, -0.1) is 11.3 Å². The zero-order valence-electron chi connectivity index (χ0n) is 11.7. The summed E-state index contributed by atoms with van der Waals surface area (Å²) in [5.74, 6) is -1.02. The van der Waals surface area contributed by atoms with Crippen molar-refractivity contribution in [3.8, 4) is 0 Å². The number of nitro benzene ring substituents is 1. The molecule has 2 aromatic carbocycles. The number of nitro groups is 1. The maximum absolute atomic E-state index is 13.5. The number of carbonyl (C=O) groups excluding carboxylic acids is 1. The van der Waals surface area contributed by atoms with Crippen LogP contribution >= 0.6 is 11.3 Å². The van der Waals surface area contributed by atoms with Gasteiger partial charge in [-0.05, 0) is 18.2 Å². The van der Waals surface area contributed by atoms with E-state index in [2.05, 4.69) is 0 Å². The van der Waals surface area contributed by atoms with Crippen LogP contribution in [0.15, 0.2) is 48.5 Å². The standard InChI is InChI=1S/C16H10FNO4S/c17-13-4-2-1-3-10(13)9-22-16(19)15-8-11-7-12(18(20)21)5-6-14(11)23-15/h1-8H,9H2. The van der Waals surface area contributed by atoms with Gasteiger partial charge < -0.3 is 4.74 Å². The molecule has 0 fully saturated rings. The van der Waals surface area contributed by atoms with Crippen LogP contribution in [0.3, 0.4) is 0 Å². The van der Waals surface area contributed by atoms with Gasteiger partial charge >= 0.3 is 5.97 Å². The molecule has 0 radical (unpaired) electrons. The predicted molar refractivity (Wildman–Crippen MR) is 84.0 cm³/mol. The van der Waals surface area contributed by atoms with Crippen LogP contribution in [-0.2, 0) is 11.3 Å². The van der Waals surface area contributed by atoms with Gasteiger partial charge in [0.05, 0.1) is 4.92 Å². The first kappa shape index (κ1) is 15.1. The van der Waals surface area contributed by atoms with E-state index < -0.39 is 16.7 Å². The number of fused-ring (bicyclic) bond motifs is 1. The average molecular weight is 331 g/mol. The van der Waals surface area contributed by atoms with E-state index in [0.29, 0.717) is 10.3 Å². The molecule has 1 heterocycles. The zero-order chi connectivity index (χ0) is 16.4. The van der Waals surface area contributed by atoms with Gasteiger partial charge in [0, 0.05) is 27.8 Å². The lowest BCUT2D eigenvalue weighted by Gasteiger charge is -2.04. The van der Waals surface area contributed by atoms with Crippen LogP contribution in [0.1, 0.15) is 15.2 Å². The summed E-state index contributed by atoms with van der Waals surface area (Å²) in [7, 11) is 0. The highest BCUT2D eigenvalue weighted by Gasteiger charge is 2.15. The lowest BCUT2D eigenvalue weighted by Crippen LogP contribution is -2.04. The minimum Gasteiger partial charge on any atom is -0.457 e. The van der Waals surface area contributed by atoms with Crippen molar-refractivity contribution in [2.45, 2.75) is 6.61 Å². The monoisotopic (exact) mass is 331 g/mol. The summed E-state index contributed by atoms with van der Waals surface area (Å²) in [6, 6.07) is 12.0. The molecule has 3 rings (SSSR count). The van der Waals surface area contributed by atoms with Crippen molar-refractivity contribution in [3.63, 3.8) is 0 Å². The summed E-state index contributed by atoms with van der Waals surface area (Å²) in [5, 5.41) is 11.4. The maximum atomic E-state index is 13.5. The zero-order valence-corrected chi connectivity index (χ0v) is 12.5. The Balaban J connectivity index is 1.78. The van der Waals surface area contributed by atoms with Crippen LogP contribution in [0.25, 0.3) is 10.1 Å². The minimum absolute atomic E-state index is 0.0402. The van der Waals surface area contributed by atoms with Gasteiger partial charge in [0.25, 0.3) is 5.69 Å². The summed E-state index contributed by atoms with van der Waals surface area (Å²) >= 11 is 1.17. The average Bonchev–Trinajstić information content (AvgIpc) is 2.97. The van der Waals surface area contributed by atoms with Crippen LogP contribution in [-0.4, -0.2) is 10.9 Å². The summed E-state index contributed by atoms with van der Waals surface area (Å²) in [6.07, 6.45) is 0. The highest BCUT2D eigenvalue weighted by molar-refractivity contribution is 7.20. The fraction of sp³-hybridized carbons (Fsp3) is 0.0625. The Morgan fingerprint density at radius 3 is 2.74 bits per heavy atom. The molecule has 0 bridgehead atoms. The Bertz CT molecular complexity index is 906. The van der Waals surface area contributed by atoms with Gasteiger partial charge in [-0.3, -0.25) is 10.1 Å². The Kier molecular flexibility index (Phi) is 4.03. The maximum Gasteiger partial charge on any atom is 0.348 e. The van der Waals surface area contributed by atoms with E-state index in [9.17, 15) is 19.3 Å². The largest absolute Gasteiger partial charge is 0.457 e. The molecule has 0 saturated heterocycles. The molecule has 0 aliphatic rings. The first-order valence-electron chi connectivity index (χ1n) is 6.63. The number of halogens is 1. The molecule has 0 spiro atoms. The van der Waals surface area contributed by atoms with E-state index in [0.717, 1.165) is 4.70 Å². The topological polar surface area (TPSA) is 69.4 Å². The quantitative estimate of drug-likeness (QED) is 0.406. The molecule has 0 saturated carbocycles. The highest BCUT2D eigenvalue weighted by atomic mass is 32.1. The molecular formula is C16H10FNO4S. The van der Waals surface area contributed by atoms with Crippen molar-refractivity contribution in [1.82, 2.24) is 0 Å². The lowest BCUT2D eigenvalue weighted by atomic mass is 10.2. The molecule has 0 aliphatic carbocycles. The number of ether oxygens (including phenoxy) is 1. The molecule has 7 heteroatoms. The molecule has 0 amide bonds. The number of thiophene rings is 1. The number of hydrogen-bond acceptors (Lipinski definition) is 5. The second kappa shape index (κ2) is 6.13. The van der Waals surface area contributed by atoms with Gasteiger partial charge in [0.15, 0.2) is 0 Å². The summed E-state index contributed by atoms with van der Waals surface area (Å²) < 4.78 is 19.3. The Morgan fingerprint density at radius 1 is 1.22 bits per heavy atom. The minimum atomic E-state index is -0.586. The normalized spacial score (nSPS) is 10.7. The van der Waals surface area contributed by atoms with Gasteiger partial charge in [-0.25, -0.2) is 9.18 Å². The van der Waals surface area contributed by atoms with Crippen LogP contribution in [0.5, 0.6) is 0 Å². The molecule has 3 aromatic rings. The van der Waals surface area contributed by atoms with Crippen molar-refractivity contribution < 1.29 is 18.8 Å². The Labute approximate surface area is 134 Å². The van der Waals surface area contributed by atoms with Gasteiger partial charge in [-0.2, -0.15) is 0 Å². The van der Waals surface area contributed by atoms with Crippen LogP contribution in [0, 0.1) is 15.9 Å². The molecule has 0 unspecified atom stereocenters. The van der Waals surface area contributed by atoms with Gasteiger partial charge in [0.2, 0.25) is 0 Å². The third-order valence-electron chi connectivity index (χ3n) is 3.23. The smallest absolute Gasteiger partial charge is 0.348 e. The first-order valence-corrected chi connectivity index (χ1v) is 7.45. The van der Waals surface area contributed by atoms with E-state index in [1.54, 1.807) is 18.2 Å². The number of rotatable bonds is 4. The molecule has 5 nitrogen and oxygen atoms in total. The van der Waals surface area contributed by atoms with Crippen LogP contribution in [0.2, 0.25) is 0 Å². The molecule has 0 atom stereocenters. The number of benzene rings is 2. The molecule has 0 aliphatic heterocycles. The predicted octanol–water partition coefficient (Wildman–Crippen LogP) is 4.31.